The van der Waals surface area contributed by atoms with Crippen molar-refractivity contribution in [2.24, 2.45) is 11.8 Å². The van der Waals surface area contributed by atoms with Crippen molar-refractivity contribution in [3.63, 3.8) is 0 Å². The lowest BCUT2D eigenvalue weighted by Gasteiger charge is -2.28. The lowest BCUT2D eigenvalue weighted by Crippen LogP contribution is -2.41. The van der Waals surface area contributed by atoms with Gasteiger partial charge in [0.05, 0.1) is 5.92 Å². The molecule has 3 rings (SSSR count). The van der Waals surface area contributed by atoms with Crippen molar-refractivity contribution in [2.45, 2.75) is 38.5 Å². The van der Waals surface area contributed by atoms with Gasteiger partial charge in [0, 0.05) is 17.6 Å². The largest absolute Gasteiger partial charge is 0.550 e. The lowest BCUT2D eigenvalue weighted by atomic mass is 9.82. The maximum atomic E-state index is 12.4. The van der Waals surface area contributed by atoms with Gasteiger partial charge in [-0.2, -0.15) is 0 Å². The zero-order valence-corrected chi connectivity index (χ0v) is 12.5. The quantitative estimate of drug-likeness (QED) is 0.866. The Hall–Kier alpha value is -2.10. The molecule has 0 fully saturated rings. The summed E-state index contributed by atoms with van der Waals surface area (Å²) in [4.78, 5) is 23.6. The van der Waals surface area contributed by atoms with Crippen LogP contribution in [-0.4, -0.2) is 11.9 Å². The van der Waals surface area contributed by atoms with Gasteiger partial charge in [0.25, 0.3) is 0 Å². The summed E-state index contributed by atoms with van der Waals surface area (Å²) in [6.07, 6.45) is 9.06. The summed E-state index contributed by atoms with van der Waals surface area (Å²) in [7, 11) is 0. The van der Waals surface area contributed by atoms with Gasteiger partial charge >= 0.3 is 0 Å². The van der Waals surface area contributed by atoms with Gasteiger partial charge in [0.2, 0.25) is 5.91 Å². The highest BCUT2D eigenvalue weighted by Crippen LogP contribution is 2.28. The second-order valence-electron chi connectivity index (χ2n) is 6.15. The molecule has 1 amide bonds. The Kier molecular flexibility index (Phi) is 4.27. The van der Waals surface area contributed by atoms with Crippen LogP contribution >= 0.6 is 0 Å². The number of aryl methyl sites for hydroxylation is 2. The molecule has 2 aliphatic rings. The van der Waals surface area contributed by atoms with Crippen molar-refractivity contribution in [3.05, 3.63) is 41.5 Å². The number of carboxylic acid groups (broad SMARTS) is 1. The first kappa shape index (κ1) is 14.8. The van der Waals surface area contributed by atoms with Crippen molar-refractivity contribution in [1.29, 1.82) is 0 Å². The molecule has 0 unspecified atom stereocenters. The molecule has 0 aromatic heterocycles. The van der Waals surface area contributed by atoms with E-state index in [2.05, 4.69) is 11.4 Å². The molecule has 4 heteroatoms. The number of carbonyl (C=O) groups excluding carboxylic acids is 2. The number of hydrogen-bond donors (Lipinski definition) is 1. The minimum Gasteiger partial charge on any atom is -0.550 e. The zero-order chi connectivity index (χ0) is 15.5. The highest BCUT2D eigenvalue weighted by atomic mass is 16.4. The molecule has 2 atom stereocenters. The van der Waals surface area contributed by atoms with Crippen LogP contribution in [0, 0.1) is 11.8 Å². The van der Waals surface area contributed by atoms with E-state index >= 15 is 0 Å². The summed E-state index contributed by atoms with van der Waals surface area (Å²) in [5.41, 5.74) is 3.42. The summed E-state index contributed by atoms with van der Waals surface area (Å²) < 4.78 is 0. The van der Waals surface area contributed by atoms with Crippen LogP contribution in [0.3, 0.4) is 0 Å². The lowest BCUT2D eigenvalue weighted by molar-refractivity contribution is -0.313. The second kappa shape index (κ2) is 6.34. The van der Waals surface area contributed by atoms with Crippen molar-refractivity contribution in [1.82, 2.24) is 0 Å². The number of hydrogen-bond acceptors (Lipinski definition) is 3. The van der Waals surface area contributed by atoms with Crippen LogP contribution in [-0.2, 0) is 22.4 Å². The molecule has 1 aromatic carbocycles. The molecule has 0 heterocycles. The van der Waals surface area contributed by atoms with Gasteiger partial charge < -0.3 is 15.2 Å². The van der Waals surface area contributed by atoms with E-state index in [-0.39, 0.29) is 5.91 Å². The molecule has 22 heavy (non-hydrogen) atoms. The molecule has 0 saturated carbocycles. The van der Waals surface area contributed by atoms with Crippen molar-refractivity contribution >= 4 is 17.6 Å². The minimum atomic E-state index is -1.14. The third-order valence-corrected chi connectivity index (χ3v) is 4.69. The molecular formula is C18H20NO3-. The number of benzene rings is 1. The maximum absolute atomic E-state index is 12.4. The van der Waals surface area contributed by atoms with Crippen LogP contribution < -0.4 is 10.4 Å². The molecule has 1 aromatic rings. The van der Waals surface area contributed by atoms with E-state index in [9.17, 15) is 14.7 Å². The van der Waals surface area contributed by atoms with E-state index in [1.807, 2.05) is 24.3 Å². The fourth-order valence-corrected chi connectivity index (χ4v) is 3.41. The molecule has 0 saturated heterocycles. The average molecular weight is 298 g/mol. The second-order valence-corrected chi connectivity index (χ2v) is 6.15. The van der Waals surface area contributed by atoms with E-state index in [1.165, 1.54) is 24.0 Å². The first-order chi connectivity index (χ1) is 10.6. The number of amides is 1. The normalized spacial score (nSPS) is 23.6. The van der Waals surface area contributed by atoms with Crippen LogP contribution in [0.1, 0.15) is 36.8 Å². The molecule has 0 spiro atoms. The Labute approximate surface area is 130 Å². The fourth-order valence-electron chi connectivity index (χ4n) is 3.41. The number of allylic oxidation sites excluding steroid dienone is 2. The molecule has 4 nitrogen and oxygen atoms in total. The minimum absolute atomic E-state index is 0.227. The Morgan fingerprint density at radius 3 is 2.41 bits per heavy atom. The first-order valence-corrected chi connectivity index (χ1v) is 7.93. The van der Waals surface area contributed by atoms with Gasteiger partial charge in [-0.3, -0.25) is 4.79 Å². The Morgan fingerprint density at radius 1 is 1.00 bits per heavy atom. The predicted octanol–water partition coefficient (Wildman–Crippen LogP) is 1.84. The van der Waals surface area contributed by atoms with Crippen molar-refractivity contribution < 1.29 is 14.7 Å². The number of anilines is 1. The van der Waals surface area contributed by atoms with Crippen LogP contribution in [0.25, 0.3) is 0 Å². The summed E-state index contributed by atoms with van der Waals surface area (Å²) >= 11 is 0. The van der Waals surface area contributed by atoms with Gasteiger partial charge in [-0.1, -0.05) is 18.2 Å². The summed E-state index contributed by atoms with van der Waals surface area (Å²) in [5.74, 6) is -2.65. The van der Waals surface area contributed by atoms with E-state index in [0.717, 1.165) is 18.5 Å². The van der Waals surface area contributed by atoms with E-state index in [1.54, 1.807) is 0 Å². The Morgan fingerprint density at radius 2 is 1.68 bits per heavy atom. The van der Waals surface area contributed by atoms with Gasteiger partial charge in [-0.05, 0) is 61.8 Å². The molecule has 0 radical (unpaired) electrons. The highest BCUT2D eigenvalue weighted by Gasteiger charge is 2.29. The van der Waals surface area contributed by atoms with Gasteiger partial charge in [-0.25, -0.2) is 0 Å². The van der Waals surface area contributed by atoms with Crippen LogP contribution in [0.4, 0.5) is 5.69 Å². The molecular weight excluding hydrogens is 278 g/mol. The Balaban J connectivity index is 1.73. The maximum Gasteiger partial charge on any atom is 0.228 e. The number of fused-ring (bicyclic) bond motifs is 1. The molecule has 0 bridgehead atoms. The van der Waals surface area contributed by atoms with Gasteiger partial charge in [0.1, 0.15) is 0 Å². The number of aliphatic carboxylic acids is 1. The molecule has 0 aliphatic heterocycles. The fraction of sp³-hybridized carbons (Fsp3) is 0.444. The van der Waals surface area contributed by atoms with Crippen molar-refractivity contribution in [3.8, 4) is 0 Å². The van der Waals surface area contributed by atoms with E-state index in [4.69, 9.17) is 0 Å². The standard InChI is InChI=1S/C18H21NO3/c20-17(15-7-3-4-8-16(15)18(21)22)19-14-10-9-12-5-1-2-6-13(12)11-14/h3-4,9-11,15-16H,1-2,5-8H2,(H,19,20)(H,21,22)/p-1/t15-,16+/m0/s1. The summed E-state index contributed by atoms with van der Waals surface area (Å²) in [5, 5.41) is 14.1. The summed E-state index contributed by atoms with van der Waals surface area (Å²) in [6, 6.07) is 6.01. The highest BCUT2D eigenvalue weighted by molar-refractivity contribution is 5.95. The van der Waals surface area contributed by atoms with E-state index < -0.39 is 17.8 Å². The third-order valence-electron chi connectivity index (χ3n) is 4.69. The predicted molar refractivity (Wildman–Crippen MR) is 82.1 cm³/mol. The zero-order valence-electron chi connectivity index (χ0n) is 12.5. The number of carboxylic acids is 1. The van der Waals surface area contributed by atoms with E-state index in [0.29, 0.717) is 12.8 Å². The molecule has 116 valence electrons. The SMILES string of the molecule is O=C(Nc1ccc2c(c1)CCCC2)[C@H]1CC=CC[C@H]1C(=O)[O-]. The van der Waals surface area contributed by atoms with Crippen molar-refractivity contribution in [2.75, 3.05) is 5.32 Å². The monoisotopic (exact) mass is 298 g/mol. The molecule has 1 N–H and O–H groups in total. The smallest absolute Gasteiger partial charge is 0.228 e. The summed E-state index contributed by atoms with van der Waals surface area (Å²) in [6.45, 7) is 0. The molecule has 2 aliphatic carbocycles. The average Bonchev–Trinajstić information content (AvgIpc) is 2.54. The first-order valence-electron chi connectivity index (χ1n) is 7.93. The third kappa shape index (κ3) is 3.06. The van der Waals surface area contributed by atoms with Gasteiger partial charge in [-0.15, -0.1) is 0 Å². The number of rotatable bonds is 3. The van der Waals surface area contributed by atoms with Crippen LogP contribution in [0.5, 0.6) is 0 Å². The number of nitrogens with one attached hydrogen (secondary N) is 1. The number of carbonyl (C=O) groups is 2. The Bertz CT molecular complexity index is 621. The van der Waals surface area contributed by atoms with Gasteiger partial charge in [0.15, 0.2) is 0 Å². The topological polar surface area (TPSA) is 69.2 Å². The van der Waals surface area contributed by atoms with Crippen LogP contribution in [0.2, 0.25) is 0 Å². The van der Waals surface area contributed by atoms with Crippen LogP contribution in [0.15, 0.2) is 30.4 Å².